The summed E-state index contributed by atoms with van der Waals surface area (Å²) in [5.41, 5.74) is 5.81. The number of halogens is 1. The van der Waals surface area contributed by atoms with Crippen LogP contribution in [0.4, 0.5) is 5.69 Å². The van der Waals surface area contributed by atoms with Crippen LogP contribution in [-0.4, -0.2) is 6.54 Å². The predicted molar refractivity (Wildman–Crippen MR) is 95.2 cm³/mol. The summed E-state index contributed by atoms with van der Waals surface area (Å²) in [4.78, 5) is 2.36. The Morgan fingerprint density at radius 1 is 1.29 bits per heavy atom. The second kappa shape index (κ2) is 5.88. The summed E-state index contributed by atoms with van der Waals surface area (Å²) >= 11 is 6.50. The standard InChI is InChI=1S/C19H26ClN/c1-7-9-10-21-14(4)19(5,6)16-12-17(20)15(11-18(16)21)13(3)8-2/h11-12H,3-4,7-10H2,1-2,5-6H3. The molecule has 0 unspecified atom stereocenters. The molecule has 0 aromatic heterocycles. The predicted octanol–water partition coefficient (Wildman–Crippen LogP) is 6.17. The normalized spacial score (nSPS) is 16.2. The molecule has 0 bridgehead atoms. The molecule has 1 aromatic carbocycles. The molecule has 2 heteroatoms. The van der Waals surface area contributed by atoms with Gasteiger partial charge in [-0.3, -0.25) is 0 Å². The average Bonchev–Trinajstić information content (AvgIpc) is 2.63. The molecule has 0 saturated heterocycles. The van der Waals surface area contributed by atoms with Gasteiger partial charge in [-0.15, -0.1) is 0 Å². The summed E-state index contributed by atoms with van der Waals surface area (Å²) in [5, 5.41) is 0.804. The lowest BCUT2D eigenvalue weighted by molar-refractivity contribution is 0.627. The van der Waals surface area contributed by atoms with Crippen molar-refractivity contribution in [3.8, 4) is 0 Å². The minimum Gasteiger partial charge on any atom is -0.345 e. The first-order chi connectivity index (χ1) is 9.84. The third kappa shape index (κ3) is 2.64. The van der Waals surface area contributed by atoms with Crippen molar-refractivity contribution < 1.29 is 0 Å². The minimum absolute atomic E-state index is 0.0568. The van der Waals surface area contributed by atoms with Crippen LogP contribution in [0.1, 0.15) is 58.1 Å². The Morgan fingerprint density at radius 2 is 1.95 bits per heavy atom. The average molecular weight is 304 g/mol. The number of rotatable bonds is 5. The molecule has 0 radical (unpaired) electrons. The first kappa shape index (κ1) is 16.2. The third-order valence-corrected chi connectivity index (χ3v) is 4.95. The van der Waals surface area contributed by atoms with Crippen molar-refractivity contribution in [3.63, 3.8) is 0 Å². The number of anilines is 1. The number of nitrogens with zero attached hydrogens (tertiary/aromatic N) is 1. The molecule has 0 fully saturated rings. The van der Waals surface area contributed by atoms with E-state index in [9.17, 15) is 0 Å². The summed E-state index contributed by atoms with van der Waals surface area (Å²) < 4.78 is 0. The Kier molecular flexibility index (Phi) is 4.53. The lowest BCUT2D eigenvalue weighted by atomic mass is 9.84. The van der Waals surface area contributed by atoms with Crippen molar-refractivity contribution >= 4 is 22.9 Å². The Hall–Kier alpha value is -1.21. The highest BCUT2D eigenvalue weighted by Gasteiger charge is 2.39. The fraction of sp³-hybridized carbons (Fsp3) is 0.474. The number of unbranched alkanes of at least 4 members (excludes halogenated alkanes) is 1. The van der Waals surface area contributed by atoms with E-state index in [1.54, 1.807) is 0 Å². The number of benzene rings is 1. The van der Waals surface area contributed by atoms with Crippen molar-refractivity contribution in [3.05, 3.63) is 47.1 Å². The van der Waals surface area contributed by atoms with E-state index in [4.69, 9.17) is 11.6 Å². The van der Waals surface area contributed by atoms with Gasteiger partial charge in [-0.1, -0.05) is 58.9 Å². The van der Waals surface area contributed by atoms with E-state index in [2.05, 4.69) is 57.9 Å². The van der Waals surface area contributed by atoms with Gasteiger partial charge in [0.2, 0.25) is 0 Å². The van der Waals surface area contributed by atoms with E-state index >= 15 is 0 Å². The molecule has 1 nitrogen and oxygen atoms in total. The highest BCUT2D eigenvalue weighted by atomic mass is 35.5. The van der Waals surface area contributed by atoms with E-state index in [1.807, 2.05) is 0 Å². The van der Waals surface area contributed by atoms with Crippen LogP contribution in [0.5, 0.6) is 0 Å². The molecule has 2 rings (SSSR count). The van der Waals surface area contributed by atoms with E-state index in [-0.39, 0.29) is 5.41 Å². The van der Waals surface area contributed by atoms with Crippen molar-refractivity contribution in [2.45, 2.75) is 52.4 Å². The fourth-order valence-corrected chi connectivity index (χ4v) is 3.25. The molecule has 0 saturated carbocycles. The van der Waals surface area contributed by atoms with Gasteiger partial charge in [0.1, 0.15) is 0 Å². The minimum atomic E-state index is -0.0568. The maximum absolute atomic E-state index is 6.50. The number of hydrogen-bond donors (Lipinski definition) is 0. The quantitative estimate of drug-likeness (QED) is 0.628. The smallest absolute Gasteiger partial charge is 0.0485 e. The SMILES string of the molecule is C=C(CC)c1cc2c(cc1Cl)C(C)(C)C(=C)N2CCCC. The second-order valence-electron chi connectivity index (χ2n) is 6.38. The van der Waals surface area contributed by atoms with E-state index in [0.717, 1.165) is 29.1 Å². The maximum Gasteiger partial charge on any atom is 0.0485 e. The van der Waals surface area contributed by atoms with Gasteiger partial charge >= 0.3 is 0 Å². The third-order valence-electron chi connectivity index (χ3n) is 4.64. The lowest BCUT2D eigenvalue weighted by Gasteiger charge is -2.25. The van der Waals surface area contributed by atoms with Crippen molar-refractivity contribution in [1.29, 1.82) is 0 Å². The zero-order valence-corrected chi connectivity index (χ0v) is 14.5. The Morgan fingerprint density at radius 3 is 2.52 bits per heavy atom. The summed E-state index contributed by atoms with van der Waals surface area (Å²) in [6.07, 6.45) is 3.26. The van der Waals surface area contributed by atoms with Crippen LogP contribution in [0.2, 0.25) is 5.02 Å². The van der Waals surface area contributed by atoms with Crippen LogP contribution in [-0.2, 0) is 5.41 Å². The first-order valence-electron chi connectivity index (χ1n) is 7.83. The van der Waals surface area contributed by atoms with Crippen LogP contribution < -0.4 is 4.90 Å². The Bertz CT molecular complexity index is 583. The van der Waals surface area contributed by atoms with Gasteiger partial charge in [0.05, 0.1) is 0 Å². The summed E-state index contributed by atoms with van der Waals surface area (Å²) in [7, 11) is 0. The zero-order valence-electron chi connectivity index (χ0n) is 13.7. The van der Waals surface area contributed by atoms with Gasteiger partial charge in [-0.05, 0) is 41.7 Å². The van der Waals surface area contributed by atoms with E-state index in [0.29, 0.717) is 0 Å². The lowest BCUT2D eigenvalue weighted by Crippen LogP contribution is -2.25. The van der Waals surface area contributed by atoms with Crippen molar-refractivity contribution in [1.82, 2.24) is 0 Å². The fourth-order valence-electron chi connectivity index (χ4n) is 2.96. The molecule has 0 N–H and O–H groups in total. The topological polar surface area (TPSA) is 3.24 Å². The largest absolute Gasteiger partial charge is 0.345 e. The van der Waals surface area contributed by atoms with Gasteiger partial charge in [-0.25, -0.2) is 0 Å². The molecular formula is C19H26ClN. The molecule has 1 aliphatic heterocycles. The molecule has 1 aliphatic rings. The Labute approximate surface area is 134 Å². The molecule has 0 atom stereocenters. The van der Waals surface area contributed by atoms with Crippen LogP contribution in [0.3, 0.4) is 0 Å². The van der Waals surface area contributed by atoms with Crippen molar-refractivity contribution in [2.24, 2.45) is 0 Å². The van der Waals surface area contributed by atoms with Crippen LogP contribution in [0.15, 0.2) is 31.0 Å². The second-order valence-corrected chi connectivity index (χ2v) is 6.79. The number of allylic oxidation sites excluding steroid dienone is 2. The molecule has 21 heavy (non-hydrogen) atoms. The molecular weight excluding hydrogens is 278 g/mol. The van der Waals surface area contributed by atoms with Gasteiger partial charge in [-0.2, -0.15) is 0 Å². The van der Waals surface area contributed by atoms with Gasteiger partial charge in [0.25, 0.3) is 0 Å². The van der Waals surface area contributed by atoms with E-state index < -0.39 is 0 Å². The molecule has 1 heterocycles. The van der Waals surface area contributed by atoms with Crippen LogP contribution in [0, 0.1) is 0 Å². The monoisotopic (exact) mass is 303 g/mol. The van der Waals surface area contributed by atoms with Crippen LogP contribution in [0.25, 0.3) is 5.57 Å². The molecule has 0 spiro atoms. The summed E-state index contributed by atoms with van der Waals surface area (Å²) in [6, 6.07) is 4.32. The highest BCUT2D eigenvalue weighted by molar-refractivity contribution is 6.32. The van der Waals surface area contributed by atoms with Gasteiger partial charge in [0, 0.05) is 28.4 Å². The Balaban J connectivity index is 2.56. The number of hydrogen-bond acceptors (Lipinski definition) is 1. The van der Waals surface area contributed by atoms with Crippen molar-refractivity contribution in [2.75, 3.05) is 11.4 Å². The van der Waals surface area contributed by atoms with Gasteiger partial charge < -0.3 is 4.90 Å². The molecule has 0 aliphatic carbocycles. The van der Waals surface area contributed by atoms with Crippen LogP contribution >= 0.6 is 11.6 Å². The summed E-state index contributed by atoms with van der Waals surface area (Å²) in [6.45, 7) is 18.3. The molecule has 0 amide bonds. The molecule has 114 valence electrons. The maximum atomic E-state index is 6.50. The zero-order chi connectivity index (χ0) is 15.8. The summed E-state index contributed by atoms with van der Waals surface area (Å²) in [5.74, 6) is 0. The van der Waals surface area contributed by atoms with E-state index in [1.165, 1.54) is 29.8 Å². The first-order valence-corrected chi connectivity index (χ1v) is 8.21. The molecule has 1 aromatic rings. The number of fused-ring (bicyclic) bond motifs is 1. The van der Waals surface area contributed by atoms with Gasteiger partial charge in [0.15, 0.2) is 0 Å². The highest BCUT2D eigenvalue weighted by Crippen LogP contribution is 2.49.